The van der Waals surface area contributed by atoms with E-state index in [0.29, 0.717) is 16.5 Å². The highest BCUT2D eigenvalue weighted by molar-refractivity contribution is 5.80. The van der Waals surface area contributed by atoms with Gasteiger partial charge in [-0.15, -0.1) is 0 Å². The van der Waals surface area contributed by atoms with Crippen molar-refractivity contribution in [2.24, 2.45) is 0 Å². The summed E-state index contributed by atoms with van der Waals surface area (Å²) in [7, 11) is 0. The number of H-pyrrole nitrogens is 1. The first-order chi connectivity index (χ1) is 11.0. The Morgan fingerprint density at radius 1 is 1.04 bits per heavy atom. The average Bonchev–Trinajstić information content (AvgIpc) is 2.66. The topological polar surface area (TPSA) is 65.2 Å². The summed E-state index contributed by atoms with van der Waals surface area (Å²) in [5.74, 6) is 0. The monoisotopic (exact) mass is 313 g/mol. The first kappa shape index (κ1) is 15.9. The zero-order chi connectivity index (χ0) is 16.6. The van der Waals surface area contributed by atoms with Crippen LogP contribution in [0.3, 0.4) is 0 Å². The molecule has 1 aromatic carbocycles. The molecule has 2 heterocycles. The Morgan fingerprint density at radius 3 is 2.39 bits per heavy atom. The molecule has 1 fully saturated rings. The van der Waals surface area contributed by atoms with Gasteiger partial charge in [0.2, 0.25) is 5.56 Å². The minimum absolute atomic E-state index is 0.0486. The Morgan fingerprint density at radius 2 is 1.70 bits per heavy atom. The Labute approximate surface area is 135 Å². The van der Waals surface area contributed by atoms with E-state index >= 15 is 0 Å². The van der Waals surface area contributed by atoms with Crippen molar-refractivity contribution in [2.45, 2.75) is 26.8 Å². The number of nitrogens with one attached hydrogen (secondary N) is 2. The van der Waals surface area contributed by atoms with E-state index in [4.69, 9.17) is 0 Å². The van der Waals surface area contributed by atoms with Crippen molar-refractivity contribution in [3.05, 3.63) is 55.5 Å². The van der Waals surface area contributed by atoms with Crippen LogP contribution >= 0.6 is 0 Å². The minimum atomic E-state index is -0.225. The van der Waals surface area contributed by atoms with Gasteiger partial charge < -0.3 is 10.3 Å². The van der Waals surface area contributed by atoms with Crippen LogP contribution < -0.4 is 16.3 Å². The predicted molar refractivity (Wildman–Crippen MR) is 93.2 cm³/mol. The predicted octanol–water partition coefficient (Wildman–Crippen LogP) is 1.47. The molecule has 122 valence electrons. The lowest BCUT2D eigenvalue weighted by molar-refractivity contribution is 0.185. The Bertz CT molecular complexity index is 851. The van der Waals surface area contributed by atoms with Gasteiger partial charge in [0.05, 0.1) is 5.52 Å². The highest BCUT2D eigenvalue weighted by Crippen LogP contribution is 2.19. The van der Waals surface area contributed by atoms with Crippen LogP contribution in [0.2, 0.25) is 0 Å². The summed E-state index contributed by atoms with van der Waals surface area (Å²) in [4.78, 5) is 30.3. The number of nitrogens with zero attached hydrogens (tertiary/aromatic N) is 1. The largest absolute Gasteiger partial charge is 0.322 e. The van der Waals surface area contributed by atoms with E-state index < -0.39 is 0 Å². The maximum Gasteiger partial charge on any atom is 0.248 e. The zero-order valence-electron chi connectivity index (χ0n) is 13.9. The highest BCUT2D eigenvalue weighted by atomic mass is 16.1. The maximum atomic E-state index is 13.0. The van der Waals surface area contributed by atoms with Crippen LogP contribution in [-0.4, -0.2) is 36.1 Å². The van der Waals surface area contributed by atoms with Gasteiger partial charge in [0, 0.05) is 49.2 Å². The summed E-state index contributed by atoms with van der Waals surface area (Å²) >= 11 is 0. The van der Waals surface area contributed by atoms with Crippen molar-refractivity contribution >= 4 is 10.9 Å². The van der Waals surface area contributed by atoms with Crippen molar-refractivity contribution in [3.63, 3.8) is 0 Å². The summed E-state index contributed by atoms with van der Waals surface area (Å²) in [6.07, 6.45) is 0. The van der Waals surface area contributed by atoms with Gasteiger partial charge in [-0.2, -0.15) is 0 Å². The van der Waals surface area contributed by atoms with Crippen LogP contribution in [0.25, 0.3) is 10.9 Å². The maximum absolute atomic E-state index is 13.0. The molecule has 0 radical (unpaired) electrons. The van der Waals surface area contributed by atoms with E-state index in [1.54, 1.807) is 0 Å². The number of hydrogen-bond donors (Lipinski definition) is 2. The zero-order valence-corrected chi connectivity index (χ0v) is 13.9. The quantitative estimate of drug-likeness (QED) is 0.881. The van der Waals surface area contributed by atoms with Gasteiger partial charge >= 0.3 is 0 Å². The van der Waals surface area contributed by atoms with Gasteiger partial charge in [-0.1, -0.05) is 0 Å². The standard InChI is InChI=1S/C18H23N3O2/c1-11-8-15-16(9-12(11)2)20-17(22)10-14(18(15)23)13(3)21-6-4-19-5-7-21/h8-10,13,19H,4-7H2,1-3H3,(H,20,22). The summed E-state index contributed by atoms with van der Waals surface area (Å²) in [6.45, 7) is 9.56. The van der Waals surface area contributed by atoms with E-state index in [1.165, 1.54) is 6.07 Å². The van der Waals surface area contributed by atoms with Crippen molar-refractivity contribution in [1.29, 1.82) is 0 Å². The fourth-order valence-corrected chi connectivity index (χ4v) is 3.22. The number of fused-ring (bicyclic) bond motifs is 1. The molecule has 0 bridgehead atoms. The van der Waals surface area contributed by atoms with Gasteiger partial charge in [-0.25, -0.2) is 0 Å². The minimum Gasteiger partial charge on any atom is -0.322 e. The number of aromatic nitrogens is 1. The number of aromatic amines is 1. The third kappa shape index (κ3) is 3.07. The van der Waals surface area contributed by atoms with Gasteiger partial charge in [-0.05, 0) is 44.0 Å². The first-order valence-corrected chi connectivity index (χ1v) is 8.10. The molecule has 2 N–H and O–H groups in total. The number of benzene rings is 1. The molecule has 0 spiro atoms. The Balaban J connectivity index is 2.21. The Hall–Kier alpha value is -1.98. The van der Waals surface area contributed by atoms with E-state index in [-0.39, 0.29) is 17.0 Å². The Kier molecular flexibility index (Phi) is 4.33. The third-order valence-corrected chi connectivity index (χ3v) is 4.83. The third-order valence-electron chi connectivity index (χ3n) is 4.83. The molecular weight excluding hydrogens is 290 g/mol. The van der Waals surface area contributed by atoms with Gasteiger partial charge in [0.25, 0.3) is 0 Å². The molecule has 1 saturated heterocycles. The van der Waals surface area contributed by atoms with Crippen LogP contribution in [0, 0.1) is 13.8 Å². The molecule has 0 amide bonds. The van der Waals surface area contributed by atoms with Crippen LogP contribution in [0.1, 0.15) is 29.7 Å². The van der Waals surface area contributed by atoms with Gasteiger partial charge in [0.15, 0.2) is 5.43 Å². The fourth-order valence-electron chi connectivity index (χ4n) is 3.22. The number of aryl methyl sites for hydroxylation is 2. The highest BCUT2D eigenvalue weighted by Gasteiger charge is 2.21. The molecule has 1 aliphatic rings. The average molecular weight is 313 g/mol. The van der Waals surface area contributed by atoms with Crippen molar-refractivity contribution in [1.82, 2.24) is 15.2 Å². The van der Waals surface area contributed by atoms with Crippen LogP contribution in [0.15, 0.2) is 27.8 Å². The summed E-state index contributed by atoms with van der Waals surface area (Å²) in [5, 5.41) is 3.90. The second-order valence-electron chi connectivity index (χ2n) is 6.36. The summed E-state index contributed by atoms with van der Waals surface area (Å²) in [6, 6.07) is 5.17. The number of rotatable bonds is 2. The van der Waals surface area contributed by atoms with Crippen LogP contribution in [0.4, 0.5) is 0 Å². The fraction of sp³-hybridized carbons (Fsp3) is 0.444. The van der Waals surface area contributed by atoms with E-state index in [0.717, 1.165) is 37.3 Å². The lowest BCUT2D eigenvalue weighted by atomic mass is 10.0. The molecule has 2 aromatic rings. The smallest absolute Gasteiger partial charge is 0.248 e. The molecule has 1 unspecified atom stereocenters. The SMILES string of the molecule is Cc1cc2[nH]c(=O)cc(C(C)N3CCNCC3)c(=O)c2cc1C. The van der Waals surface area contributed by atoms with E-state index in [1.807, 2.05) is 32.9 Å². The molecular formula is C18H23N3O2. The van der Waals surface area contributed by atoms with Crippen LogP contribution in [0.5, 0.6) is 0 Å². The lowest BCUT2D eigenvalue weighted by Crippen LogP contribution is -2.45. The molecule has 1 aliphatic heterocycles. The van der Waals surface area contributed by atoms with Crippen molar-refractivity contribution in [3.8, 4) is 0 Å². The van der Waals surface area contributed by atoms with Gasteiger partial charge in [0.1, 0.15) is 0 Å². The molecule has 0 aliphatic carbocycles. The molecule has 23 heavy (non-hydrogen) atoms. The molecule has 1 aromatic heterocycles. The number of hydrogen-bond acceptors (Lipinski definition) is 4. The van der Waals surface area contributed by atoms with Crippen molar-refractivity contribution < 1.29 is 0 Å². The summed E-state index contributed by atoms with van der Waals surface area (Å²) < 4.78 is 0. The molecule has 0 saturated carbocycles. The normalized spacial score (nSPS) is 17.3. The second-order valence-corrected chi connectivity index (χ2v) is 6.36. The lowest BCUT2D eigenvalue weighted by Gasteiger charge is -2.32. The molecule has 1 atom stereocenters. The molecule has 5 heteroatoms. The van der Waals surface area contributed by atoms with Crippen LogP contribution in [-0.2, 0) is 0 Å². The molecule has 3 rings (SSSR count). The number of piperazine rings is 1. The first-order valence-electron chi connectivity index (χ1n) is 8.10. The molecule has 5 nitrogen and oxygen atoms in total. The summed E-state index contributed by atoms with van der Waals surface area (Å²) in [5.41, 5.74) is 3.04. The van der Waals surface area contributed by atoms with E-state index in [9.17, 15) is 9.59 Å². The second kappa shape index (κ2) is 6.26. The van der Waals surface area contributed by atoms with Gasteiger partial charge in [-0.3, -0.25) is 14.5 Å². The van der Waals surface area contributed by atoms with E-state index in [2.05, 4.69) is 15.2 Å². The van der Waals surface area contributed by atoms with Crippen molar-refractivity contribution in [2.75, 3.05) is 26.2 Å².